The fraction of sp³-hybridized carbons (Fsp3) is 0.357. The molecule has 0 aliphatic heterocycles. The second-order valence-corrected chi connectivity index (χ2v) is 4.95. The lowest BCUT2D eigenvalue weighted by atomic mass is 10.0. The van der Waals surface area contributed by atoms with Crippen LogP contribution >= 0.6 is 0 Å². The maximum Gasteiger partial charge on any atom is 0.319 e. The molecule has 120 valence electrons. The average Bonchev–Trinajstić information content (AvgIpc) is 2.42. The summed E-state index contributed by atoms with van der Waals surface area (Å²) < 4.78 is 0. The number of phenols is 2. The molecule has 1 aromatic carbocycles. The van der Waals surface area contributed by atoms with E-state index in [4.69, 9.17) is 0 Å². The molecular formula is C14H19N3O5. The molecular weight excluding hydrogens is 290 g/mol. The number of hydrogen-bond donors (Lipinski definition) is 5. The van der Waals surface area contributed by atoms with Gasteiger partial charge < -0.3 is 26.2 Å². The Balaban J connectivity index is 3.42. The van der Waals surface area contributed by atoms with Gasteiger partial charge in [0.15, 0.2) is 11.5 Å². The highest BCUT2D eigenvalue weighted by Crippen LogP contribution is 2.41. The van der Waals surface area contributed by atoms with Crippen LogP contribution in [0.4, 0.5) is 16.2 Å². The van der Waals surface area contributed by atoms with Crippen LogP contribution in [0.15, 0.2) is 6.07 Å². The van der Waals surface area contributed by atoms with E-state index in [2.05, 4.69) is 16.0 Å². The average molecular weight is 309 g/mol. The lowest BCUT2D eigenvalue weighted by Crippen LogP contribution is -2.26. The molecule has 3 amide bonds. The molecule has 0 heterocycles. The number of amides is 3. The molecule has 22 heavy (non-hydrogen) atoms. The number of carbonyl (C=O) groups is 3. The minimum Gasteiger partial charge on any atom is -0.507 e. The van der Waals surface area contributed by atoms with E-state index in [0.29, 0.717) is 0 Å². The number of Topliss-reactive ketones (excluding diaryl/α,β-unsaturated/α-hetero) is 1. The lowest BCUT2D eigenvalue weighted by molar-refractivity contribution is -0.118. The van der Waals surface area contributed by atoms with Crippen molar-refractivity contribution in [3.63, 3.8) is 0 Å². The van der Waals surface area contributed by atoms with E-state index in [0.717, 1.165) is 6.07 Å². The summed E-state index contributed by atoms with van der Waals surface area (Å²) in [6, 6.07) is 0.367. The molecule has 0 bridgehead atoms. The smallest absolute Gasteiger partial charge is 0.319 e. The molecule has 0 spiro atoms. The van der Waals surface area contributed by atoms with Crippen molar-refractivity contribution >= 4 is 29.1 Å². The number of nitrogens with one attached hydrogen (secondary N) is 3. The number of benzene rings is 1. The zero-order valence-corrected chi connectivity index (χ0v) is 12.8. The molecule has 1 rings (SSSR count). The largest absolute Gasteiger partial charge is 0.507 e. The molecule has 0 aromatic heterocycles. The number of rotatable bonds is 4. The first-order chi connectivity index (χ1) is 10.2. The summed E-state index contributed by atoms with van der Waals surface area (Å²) in [4.78, 5) is 34.8. The normalized spacial score (nSPS) is 10.2. The molecule has 0 atom stereocenters. The summed E-state index contributed by atoms with van der Waals surface area (Å²) in [5.41, 5.74) is -0.623. The van der Waals surface area contributed by atoms with E-state index in [1.807, 2.05) is 0 Å². The van der Waals surface area contributed by atoms with E-state index in [1.165, 1.54) is 14.0 Å². The fourth-order valence-corrected chi connectivity index (χ4v) is 1.68. The van der Waals surface area contributed by atoms with Crippen molar-refractivity contribution in [2.75, 3.05) is 17.7 Å². The maximum absolute atomic E-state index is 11.7. The van der Waals surface area contributed by atoms with Gasteiger partial charge in [-0.05, 0) is 6.92 Å². The third-order valence-corrected chi connectivity index (χ3v) is 2.88. The molecule has 1 aromatic rings. The van der Waals surface area contributed by atoms with Crippen molar-refractivity contribution in [1.29, 1.82) is 0 Å². The van der Waals surface area contributed by atoms with Crippen LogP contribution in [0.1, 0.15) is 31.1 Å². The van der Waals surface area contributed by atoms with Crippen molar-refractivity contribution in [2.24, 2.45) is 5.92 Å². The Morgan fingerprint density at radius 3 is 2.18 bits per heavy atom. The molecule has 0 unspecified atom stereocenters. The van der Waals surface area contributed by atoms with Crippen LogP contribution in [0.25, 0.3) is 0 Å². The number of hydrogen-bond acceptors (Lipinski definition) is 5. The highest BCUT2D eigenvalue weighted by Gasteiger charge is 2.23. The van der Waals surface area contributed by atoms with Crippen molar-refractivity contribution < 1.29 is 24.6 Å². The van der Waals surface area contributed by atoms with Crippen LogP contribution in [0.5, 0.6) is 11.5 Å². The minimum atomic E-state index is -0.690. The highest BCUT2D eigenvalue weighted by molar-refractivity contribution is 6.09. The fourth-order valence-electron chi connectivity index (χ4n) is 1.68. The summed E-state index contributed by atoms with van der Waals surface area (Å²) in [5, 5.41) is 27.1. The van der Waals surface area contributed by atoms with Gasteiger partial charge in [0.05, 0.1) is 11.3 Å². The van der Waals surface area contributed by atoms with Gasteiger partial charge in [-0.1, -0.05) is 13.8 Å². The summed E-state index contributed by atoms with van der Waals surface area (Å²) in [5.74, 6) is -2.28. The Kier molecular flexibility index (Phi) is 5.33. The van der Waals surface area contributed by atoms with Crippen molar-refractivity contribution in [2.45, 2.75) is 20.8 Å². The van der Waals surface area contributed by atoms with E-state index >= 15 is 0 Å². The molecule has 8 heteroatoms. The molecule has 0 radical (unpaired) electrons. The quantitative estimate of drug-likeness (QED) is 0.328. The van der Waals surface area contributed by atoms with Gasteiger partial charge in [0.25, 0.3) is 0 Å². The summed E-state index contributed by atoms with van der Waals surface area (Å²) in [6.07, 6.45) is 0. The number of aromatic hydroxyl groups is 2. The van der Waals surface area contributed by atoms with Crippen LogP contribution in [-0.4, -0.2) is 35.0 Å². The van der Waals surface area contributed by atoms with Gasteiger partial charge in [0, 0.05) is 19.0 Å². The Bertz CT molecular complexity index is 625. The van der Waals surface area contributed by atoms with Gasteiger partial charge in [-0.3, -0.25) is 9.59 Å². The number of carbonyl (C=O) groups excluding carboxylic acids is 3. The lowest BCUT2D eigenvalue weighted by Gasteiger charge is -2.17. The van der Waals surface area contributed by atoms with Crippen LogP contribution in [-0.2, 0) is 4.79 Å². The predicted octanol–water partition coefficient (Wildman–Crippen LogP) is 1.65. The Hall–Kier alpha value is -2.77. The van der Waals surface area contributed by atoms with Crippen LogP contribution in [0, 0.1) is 5.92 Å². The monoisotopic (exact) mass is 309 g/mol. The van der Waals surface area contributed by atoms with Crippen molar-refractivity contribution in [3.05, 3.63) is 11.6 Å². The second kappa shape index (κ2) is 6.79. The third kappa shape index (κ3) is 3.66. The van der Waals surface area contributed by atoms with Crippen molar-refractivity contribution in [3.8, 4) is 11.5 Å². The molecule has 8 nitrogen and oxygen atoms in total. The molecule has 0 saturated carbocycles. The second-order valence-electron chi connectivity index (χ2n) is 4.95. The summed E-state index contributed by atoms with van der Waals surface area (Å²) in [6.45, 7) is 4.48. The number of ketones is 1. The van der Waals surface area contributed by atoms with Gasteiger partial charge in [0.2, 0.25) is 5.91 Å². The number of phenolic OH excluding ortho intramolecular Hbond substituents is 2. The van der Waals surface area contributed by atoms with Gasteiger partial charge in [-0.15, -0.1) is 0 Å². The standard InChI is InChI=1S/C14H19N3O5/c1-6(2)13(21)16-8-5-9(19)10(7(3)18)11(12(8)20)17-14(22)15-4/h5-6,19-20H,1-4H3,(H,16,21)(H2,15,17,22). The third-order valence-electron chi connectivity index (χ3n) is 2.88. The summed E-state index contributed by atoms with van der Waals surface area (Å²) in [7, 11) is 1.35. The van der Waals surface area contributed by atoms with Crippen LogP contribution in [0.3, 0.4) is 0 Å². The Labute approximate surface area is 127 Å². The first-order valence-electron chi connectivity index (χ1n) is 6.58. The van der Waals surface area contributed by atoms with E-state index in [-0.39, 0.29) is 22.9 Å². The molecule has 5 N–H and O–H groups in total. The van der Waals surface area contributed by atoms with Crippen LogP contribution < -0.4 is 16.0 Å². The zero-order valence-electron chi connectivity index (χ0n) is 12.8. The predicted molar refractivity (Wildman–Crippen MR) is 81.3 cm³/mol. The topological polar surface area (TPSA) is 128 Å². The van der Waals surface area contributed by atoms with Crippen molar-refractivity contribution in [1.82, 2.24) is 5.32 Å². The Morgan fingerprint density at radius 2 is 1.73 bits per heavy atom. The number of anilines is 2. The summed E-state index contributed by atoms with van der Waals surface area (Å²) >= 11 is 0. The van der Waals surface area contributed by atoms with Gasteiger partial charge >= 0.3 is 6.03 Å². The number of urea groups is 1. The SMILES string of the molecule is CNC(=O)Nc1c(O)c(NC(=O)C(C)C)cc(O)c1C(C)=O. The van der Waals surface area contributed by atoms with E-state index in [1.54, 1.807) is 13.8 Å². The van der Waals surface area contributed by atoms with Gasteiger partial charge in [-0.25, -0.2) is 4.79 Å². The first kappa shape index (κ1) is 17.3. The van der Waals surface area contributed by atoms with E-state index < -0.39 is 29.2 Å². The van der Waals surface area contributed by atoms with Crippen LogP contribution in [0.2, 0.25) is 0 Å². The molecule has 0 saturated heterocycles. The molecule has 0 aliphatic rings. The zero-order chi connectivity index (χ0) is 17.0. The maximum atomic E-state index is 11.7. The van der Waals surface area contributed by atoms with E-state index in [9.17, 15) is 24.6 Å². The van der Waals surface area contributed by atoms with Gasteiger partial charge in [-0.2, -0.15) is 0 Å². The molecule has 0 aliphatic carbocycles. The molecule has 0 fully saturated rings. The minimum absolute atomic E-state index is 0.104. The highest BCUT2D eigenvalue weighted by atomic mass is 16.3. The van der Waals surface area contributed by atoms with Gasteiger partial charge in [0.1, 0.15) is 11.4 Å². The first-order valence-corrected chi connectivity index (χ1v) is 6.58. The Morgan fingerprint density at radius 1 is 1.14 bits per heavy atom.